The highest BCUT2D eigenvalue weighted by Crippen LogP contribution is 2.29. The van der Waals surface area contributed by atoms with Crippen LogP contribution in [0.4, 0.5) is 8.78 Å². The molecule has 2 N–H and O–H groups in total. The van der Waals surface area contributed by atoms with Crippen molar-refractivity contribution in [3.63, 3.8) is 0 Å². The molecule has 108 valence electrons. The first-order chi connectivity index (χ1) is 8.81. The smallest absolute Gasteiger partial charge is 0.289 e. The third-order valence-electron chi connectivity index (χ3n) is 3.60. The molecule has 0 aromatic carbocycles. The van der Waals surface area contributed by atoms with Gasteiger partial charge >= 0.3 is 0 Å². The van der Waals surface area contributed by atoms with Gasteiger partial charge in [-0.25, -0.2) is 0 Å². The average Bonchev–Trinajstić information content (AvgIpc) is 2.35. The van der Waals surface area contributed by atoms with E-state index in [1.54, 1.807) is 0 Å². The van der Waals surface area contributed by atoms with Crippen molar-refractivity contribution in [2.24, 2.45) is 5.92 Å². The second-order valence-corrected chi connectivity index (χ2v) is 5.42. The first kappa shape index (κ1) is 16.0. The Hall–Kier alpha value is -1.10. The van der Waals surface area contributed by atoms with Crippen molar-refractivity contribution in [2.45, 2.75) is 38.5 Å². The van der Waals surface area contributed by atoms with E-state index in [-0.39, 0.29) is 12.1 Å². The normalized spacial score (nSPS) is 18.9. The molecule has 5 heteroatoms. The van der Waals surface area contributed by atoms with Crippen molar-refractivity contribution in [3.8, 4) is 0 Å². The van der Waals surface area contributed by atoms with Crippen molar-refractivity contribution >= 4 is 11.4 Å². The lowest BCUT2D eigenvalue weighted by Crippen LogP contribution is -2.32. The van der Waals surface area contributed by atoms with Crippen LogP contribution in [0.15, 0.2) is 12.2 Å². The number of hydrogen-bond donors (Lipinski definition) is 2. The van der Waals surface area contributed by atoms with Gasteiger partial charge in [-0.05, 0) is 64.4 Å². The van der Waals surface area contributed by atoms with Crippen molar-refractivity contribution in [1.82, 2.24) is 4.90 Å². The second-order valence-electron chi connectivity index (χ2n) is 5.42. The minimum Gasteiger partial charge on any atom is -0.306 e. The molecule has 0 atom stereocenters. The molecule has 0 aromatic rings. The summed E-state index contributed by atoms with van der Waals surface area (Å²) in [5.41, 5.74) is -0.511. The fourth-order valence-corrected chi connectivity index (χ4v) is 2.20. The molecule has 0 amide bonds. The van der Waals surface area contributed by atoms with Crippen LogP contribution in [0.2, 0.25) is 0 Å². The third kappa shape index (κ3) is 5.59. The number of nitrogens with zero attached hydrogens (tertiary/aromatic N) is 1. The molecule has 0 radical (unpaired) electrons. The maximum absolute atomic E-state index is 13.7. The molecule has 19 heavy (non-hydrogen) atoms. The Morgan fingerprint density at radius 3 is 2.37 bits per heavy atom. The summed E-state index contributed by atoms with van der Waals surface area (Å²) >= 11 is 0. The van der Waals surface area contributed by atoms with E-state index in [1.165, 1.54) is 13.0 Å². The van der Waals surface area contributed by atoms with Gasteiger partial charge in [0, 0.05) is 12.1 Å². The highest BCUT2D eigenvalue weighted by Gasteiger charge is 2.34. The van der Waals surface area contributed by atoms with E-state index in [0.717, 1.165) is 32.0 Å². The molecule has 1 saturated heterocycles. The largest absolute Gasteiger partial charge is 0.306 e. The summed E-state index contributed by atoms with van der Waals surface area (Å²) in [7, 11) is 2.05. The van der Waals surface area contributed by atoms with Crippen molar-refractivity contribution in [1.29, 1.82) is 10.8 Å². The van der Waals surface area contributed by atoms with Crippen molar-refractivity contribution < 1.29 is 8.78 Å². The summed E-state index contributed by atoms with van der Waals surface area (Å²) < 4.78 is 27.5. The van der Waals surface area contributed by atoms with Crippen molar-refractivity contribution in [2.75, 3.05) is 20.1 Å². The van der Waals surface area contributed by atoms with E-state index in [1.807, 2.05) is 7.05 Å². The minimum atomic E-state index is -3.07. The molecule has 0 spiro atoms. The van der Waals surface area contributed by atoms with Crippen LogP contribution in [-0.2, 0) is 0 Å². The zero-order valence-corrected chi connectivity index (χ0v) is 11.7. The predicted molar refractivity (Wildman–Crippen MR) is 74.7 cm³/mol. The van der Waals surface area contributed by atoms with Crippen molar-refractivity contribution in [3.05, 3.63) is 12.2 Å². The molecule has 1 heterocycles. The Morgan fingerprint density at radius 2 is 1.84 bits per heavy atom. The van der Waals surface area contributed by atoms with Gasteiger partial charge in [0.25, 0.3) is 5.92 Å². The lowest BCUT2D eigenvalue weighted by atomic mass is 9.90. The quantitative estimate of drug-likeness (QED) is 0.715. The predicted octanol–water partition coefficient (Wildman–Crippen LogP) is 3.36. The monoisotopic (exact) mass is 271 g/mol. The molecule has 1 rings (SSSR count). The standard InChI is InChI=1S/C14H23F2N3/c1-11(17)3-4-13(18)14(15,16)8-5-12-6-9-19(2)10-7-12/h3-4,12,17-18H,5-10H2,1-2H3/b4-3-,17-11?,18-13?. The number of piperidine rings is 1. The number of alkyl halides is 2. The number of likely N-dealkylation sites (tertiary alicyclic amines) is 1. The first-order valence-electron chi connectivity index (χ1n) is 6.70. The van der Waals surface area contributed by atoms with E-state index in [4.69, 9.17) is 10.8 Å². The van der Waals surface area contributed by atoms with Crippen LogP contribution in [0.5, 0.6) is 0 Å². The Balaban J connectivity index is 2.41. The van der Waals surface area contributed by atoms with Gasteiger partial charge in [-0.3, -0.25) is 5.41 Å². The fourth-order valence-electron chi connectivity index (χ4n) is 2.20. The summed E-state index contributed by atoms with van der Waals surface area (Å²) in [5, 5.41) is 14.5. The molecule has 0 saturated carbocycles. The first-order valence-corrected chi connectivity index (χ1v) is 6.70. The van der Waals surface area contributed by atoms with E-state index >= 15 is 0 Å². The van der Waals surface area contributed by atoms with E-state index in [9.17, 15) is 8.78 Å². The molecule has 0 unspecified atom stereocenters. The molecular formula is C14H23F2N3. The zero-order chi connectivity index (χ0) is 14.5. The van der Waals surface area contributed by atoms with Crippen LogP contribution in [0.25, 0.3) is 0 Å². The van der Waals surface area contributed by atoms with Gasteiger partial charge in [0.2, 0.25) is 0 Å². The SMILES string of the molecule is CC(=N)/C=C\C(=N)C(F)(F)CCC1CCN(C)CC1. The fraction of sp³-hybridized carbons (Fsp3) is 0.714. The number of halogens is 2. The highest BCUT2D eigenvalue weighted by molar-refractivity contribution is 6.03. The van der Waals surface area contributed by atoms with Crippen LogP contribution < -0.4 is 0 Å². The van der Waals surface area contributed by atoms with Gasteiger partial charge < -0.3 is 10.3 Å². The summed E-state index contributed by atoms with van der Waals surface area (Å²) in [5.74, 6) is -2.72. The molecular weight excluding hydrogens is 248 g/mol. The number of rotatable bonds is 6. The van der Waals surface area contributed by atoms with E-state index in [0.29, 0.717) is 12.3 Å². The Kier molecular flexibility index (Phi) is 5.79. The highest BCUT2D eigenvalue weighted by atomic mass is 19.3. The summed E-state index contributed by atoms with van der Waals surface area (Å²) in [6.45, 7) is 3.45. The Bertz CT molecular complexity index is 356. The zero-order valence-electron chi connectivity index (χ0n) is 11.7. The number of hydrogen-bond acceptors (Lipinski definition) is 3. The minimum absolute atomic E-state index is 0.177. The molecule has 1 aliphatic heterocycles. The topological polar surface area (TPSA) is 50.9 Å². The van der Waals surface area contributed by atoms with Gasteiger partial charge in [0.05, 0.1) is 0 Å². The third-order valence-corrected chi connectivity index (χ3v) is 3.60. The second kappa shape index (κ2) is 6.89. The maximum atomic E-state index is 13.7. The lowest BCUT2D eigenvalue weighted by molar-refractivity contribution is 0.0559. The lowest BCUT2D eigenvalue weighted by Gasteiger charge is -2.29. The Morgan fingerprint density at radius 1 is 1.26 bits per heavy atom. The number of allylic oxidation sites excluding steroid dienone is 2. The van der Waals surface area contributed by atoms with Crippen LogP contribution in [0.1, 0.15) is 32.6 Å². The van der Waals surface area contributed by atoms with E-state index in [2.05, 4.69) is 4.90 Å². The van der Waals surface area contributed by atoms with Crippen LogP contribution >= 0.6 is 0 Å². The molecule has 3 nitrogen and oxygen atoms in total. The van der Waals surface area contributed by atoms with Gasteiger partial charge in [-0.1, -0.05) is 0 Å². The number of nitrogens with one attached hydrogen (secondary N) is 2. The van der Waals surface area contributed by atoms with Crippen LogP contribution in [0, 0.1) is 16.7 Å². The summed E-state index contributed by atoms with van der Waals surface area (Å²) in [6, 6.07) is 0. The van der Waals surface area contributed by atoms with Gasteiger partial charge in [-0.15, -0.1) is 0 Å². The van der Waals surface area contributed by atoms with E-state index < -0.39 is 11.6 Å². The molecule has 1 fully saturated rings. The molecule has 0 aliphatic carbocycles. The summed E-state index contributed by atoms with van der Waals surface area (Å²) in [6.07, 6.45) is 4.43. The van der Waals surface area contributed by atoms with Crippen LogP contribution in [0.3, 0.4) is 0 Å². The molecule has 1 aliphatic rings. The Labute approximate surface area is 113 Å². The molecule has 0 aromatic heterocycles. The average molecular weight is 271 g/mol. The van der Waals surface area contributed by atoms with Gasteiger partial charge in [0.1, 0.15) is 5.71 Å². The van der Waals surface area contributed by atoms with Gasteiger partial charge in [-0.2, -0.15) is 8.78 Å². The molecule has 0 bridgehead atoms. The maximum Gasteiger partial charge on any atom is 0.289 e. The van der Waals surface area contributed by atoms with Gasteiger partial charge in [0.15, 0.2) is 0 Å². The summed E-state index contributed by atoms with van der Waals surface area (Å²) in [4.78, 5) is 2.21. The van der Waals surface area contributed by atoms with Crippen LogP contribution in [-0.4, -0.2) is 42.4 Å².